The van der Waals surface area contributed by atoms with Crippen molar-refractivity contribution >= 4 is 5.91 Å². The second-order valence-corrected chi connectivity index (χ2v) is 4.76. The second-order valence-electron chi connectivity index (χ2n) is 4.76. The van der Waals surface area contributed by atoms with Crippen LogP contribution in [0.1, 0.15) is 15.9 Å². The SMILES string of the molecule is COc1ccc(CCNC(=O)c2cccc(OC(F)F)c2)cc1. The van der Waals surface area contributed by atoms with E-state index >= 15 is 0 Å². The first kappa shape index (κ1) is 16.7. The van der Waals surface area contributed by atoms with E-state index in [0.717, 1.165) is 11.3 Å². The van der Waals surface area contributed by atoms with Gasteiger partial charge in [0.05, 0.1) is 7.11 Å². The molecular formula is C17H17F2NO3. The molecule has 0 aromatic heterocycles. The fourth-order valence-corrected chi connectivity index (χ4v) is 2.03. The van der Waals surface area contributed by atoms with Crippen molar-refractivity contribution in [1.29, 1.82) is 0 Å². The van der Waals surface area contributed by atoms with Gasteiger partial charge < -0.3 is 14.8 Å². The molecule has 2 aromatic rings. The normalized spacial score (nSPS) is 10.4. The smallest absolute Gasteiger partial charge is 0.387 e. The van der Waals surface area contributed by atoms with Crippen molar-refractivity contribution in [3.8, 4) is 11.5 Å². The van der Waals surface area contributed by atoms with Crippen LogP contribution in [0.3, 0.4) is 0 Å². The van der Waals surface area contributed by atoms with E-state index in [0.29, 0.717) is 13.0 Å². The molecule has 23 heavy (non-hydrogen) atoms. The van der Waals surface area contributed by atoms with E-state index in [4.69, 9.17) is 4.74 Å². The highest BCUT2D eigenvalue weighted by Gasteiger charge is 2.09. The maximum absolute atomic E-state index is 12.2. The number of hydrogen-bond donors (Lipinski definition) is 1. The van der Waals surface area contributed by atoms with Crippen LogP contribution in [-0.2, 0) is 6.42 Å². The molecule has 0 spiro atoms. The zero-order valence-electron chi connectivity index (χ0n) is 12.6. The Hall–Kier alpha value is -2.63. The molecule has 0 aliphatic carbocycles. The number of rotatable bonds is 7. The van der Waals surface area contributed by atoms with Crippen LogP contribution in [0.2, 0.25) is 0 Å². The molecule has 0 atom stereocenters. The van der Waals surface area contributed by atoms with Gasteiger partial charge in [0.25, 0.3) is 5.91 Å². The first-order valence-corrected chi connectivity index (χ1v) is 7.04. The van der Waals surface area contributed by atoms with E-state index < -0.39 is 6.61 Å². The van der Waals surface area contributed by atoms with Crippen LogP contribution in [0.15, 0.2) is 48.5 Å². The lowest BCUT2D eigenvalue weighted by Crippen LogP contribution is -2.25. The summed E-state index contributed by atoms with van der Waals surface area (Å²) in [5, 5.41) is 2.74. The minimum Gasteiger partial charge on any atom is -0.497 e. The van der Waals surface area contributed by atoms with Crippen LogP contribution < -0.4 is 14.8 Å². The van der Waals surface area contributed by atoms with E-state index in [1.807, 2.05) is 24.3 Å². The number of hydrogen-bond acceptors (Lipinski definition) is 3. The Labute approximate surface area is 133 Å². The third-order valence-electron chi connectivity index (χ3n) is 3.18. The third-order valence-corrected chi connectivity index (χ3v) is 3.18. The molecule has 0 bridgehead atoms. The zero-order valence-corrected chi connectivity index (χ0v) is 12.6. The van der Waals surface area contributed by atoms with Crippen LogP contribution >= 0.6 is 0 Å². The van der Waals surface area contributed by atoms with Gasteiger partial charge in [0.1, 0.15) is 11.5 Å². The van der Waals surface area contributed by atoms with E-state index in [2.05, 4.69) is 10.1 Å². The lowest BCUT2D eigenvalue weighted by atomic mass is 10.1. The molecule has 4 nitrogen and oxygen atoms in total. The molecule has 0 aliphatic rings. The first-order valence-electron chi connectivity index (χ1n) is 7.04. The molecule has 122 valence electrons. The van der Waals surface area contributed by atoms with Crippen molar-refractivity contribution in [3.05, 3.63) is 59.7 Å². The largest absolute Gasteiger partial charge is 0.497 e. The molecule has 0 fully saturated rings. The minimum atomic E-state index is -2.91. The van der Waals surface area contributed by atoms with Crippen molar-refractivity contribution < 1.29 is 23.0 Å². The molecule has 2 aromatic carbocycles. The summed E-state index contributed by atoms with van der Waals surface area (Å²) in [5.41, 5.74) is 1.33. The van der Waals surface area contributed by atoms with Gasteiger partial charge in [0, 0.05) is 12.1 Å². The second kappa shape index (κ2) is 8.12. The van der Waals surface area contributed by atoms with Gasteiger partial charge in [0.15, 0.2) is 0 Å². The van der Waals surface area contributed by atoms with E-state index in [1.54, 1.807) is 13.2 Å². The van der Waals surface area contributed by atoms with Crippen LogP contribution in [0.25, 0.3) is 0 Å². The highest BCUT2D eigenvalue weighted by molar-refractivity contribution is 5.94. The molecule has 1 N–H and O–H groups in total. The molecular weight excluding hydrogens is 304 g/mol. The predicted molar refractivity (Wildman–Crippen MR) is 82.1 cm³/mol. The number of methoxy groups -OCH3 is 1. The molecule has 2 rings (SSSR count). The van der Waals surface area contributed by atoms with Crippen molar-refractivity contribution in [2.45, 2.75) is 13.0 Å². The van der Waals surface area contributed by atoms with Crippen LogP contribution in [0.5, 0.6) is 11.5 Å². The molecule has 1 amide bonds. The van der Waals surface area contributed by atoms with Gasteiger partial charge in [-0.2, -0.15) is 8.78 Å². The number of benzene rings is 2. The van der Waals surface area contributed by atoms with Crippen LogP contribution in [0, 0.1) is 0 Å². The van der Waals surface area contributed by atoms with Gasteiger partial charge in [-0.15, -0.1) is 0 Å². The molecule has 6 heteroatoms. The quantitative estimate of drug-likeness (QED) is 0.851. The number of ether oxygens (including phenoxy) is 2. The highest BCUT2D eigenvalue weighted by Crippen LogP contribution is 2.16. The van der Waals surface area contributed by atoms with Gasteiger partial charge in [0.2, 0.25) is 0 Å². The Kier molecular flexibility index (Phi) is 5.91. The summed E-state index contributed by atoms with van der Waals surface area (Å²) in [6, 6.07) is 13.2. The van der Waals surface area contributed by atoms with Gasteiger partial charge in [-0.3, -0.25) is 4.79 Å². The maximum atomic E-state index is 12.2. The molecule has 0 saturated heterocycles. The lowest BCUT2D eigenvalue weighted by Gasteiger charge is -2.08. The number of amides is 1. The van der Waals surface area contributed by atoms with E-state index in [9.17, 15) is 13.6 Å². The predicted octanol–water partition coefficient (Wildman–Crippen LogP) is 3.27. The summed E-state index contributed by atoms with van der Waals surface area (Å²) < 4.78 is 33.7. The average Bonchev–Trinajstić information content (AvgIpc) is 2.55. The minimum absolute atomic E-state index is 0.0391. The molecule has 0 aliphatic heterocycles. The molecule has 0 saturated carbocycles. The fourth-order valence-electron chi connectivity index (χ4n) is 2.03. The molecule has 0 heterocycles. The number of nitrogens with one attached hydrogen (secondary N) is 1. The van der Waals surface area contributed by atoms with Crippen molar-refractivity contribution in [2.75, 3.05) is 13.7 Å². The first-order chi connectivity index (χ1) is 11.1. The maximum Gasteiger partial charge on any atom is 0.387 e. The van der Waals surface area contributed by atoms with Crippen LogP contribution in [-0.4, -0.2) is 26.2 Å². The molecule has 0 unspecified atom stereocenters. The Morgan fingerprint density at radius 3 is 2.52 bits per heavy atom. The standard InChI is InChI=1S/C17H17F2NO3/c1-22-14-7-5-12(6-8-14)9-10-20-16(21)13-3-2-4-15(11-13)23-17(18)19/h2-8,11,17H,9-10H2,1H3,(H,20,21). The Balaban J connectivity index is 1.86. The van der Waals surface area contributed by atoms with Crippen LogP contribution in [0.4, 0.5) is 8.78 Å². The van der Waals surface area contributed by atoms with E-state index in [-0.39, 0.29) is 17.2 Å². The highest BCUT2D eigenvalue weighted by atomic mass is 19.3. The fraction of sp³-hybridized carbons (Fsp3) is 0.235. The number of carbonyl (C=O) groups is 1. The number of carbonyl (C=O) groups excluding carboxylic acids is 1. The summed E-state index contributed by atoms with van der Waals surface area (Å²) >= 11 is 0. The summed E-state index contributed by atoms with van der Waals surface area (Å²) in [6.45, 7) is -2.48. The monoisotopic (exact) mass is 321 g/mol. The Bertz CT molecular complexity index is 645. The summed E-state index contributed by atoms with van der Waals surface area (Å²) in [7, 11) is 1.60. The lowest BCUT2D eigenvalue weighted by molar-refractivity contribution is -0.0498. The topological polar surface area (TPSA) is 47.6 Å². The summed E-state index contributed by atoms with van der Waals surface area (Å²) in [4.78, 5) is 12.0. The Morgan fingerprint density at radius 2 is 1.87 bits per heavy atom. The third kappa shape index (κ3) is 5.25. The summed E-state index contributed by atoms with van der Waals surface area (Å²) in [6.07, 6.45) is 0.656. The number of alkyl halides is 2. The zero-order chi connectivity index (χ0) is 16.7. The van der Waals surface area contributed by atoms with Gasteiger partial charge in [-0.05, 0) is 42.3 Å². The van der Waals surface area contributed by atoms with Crippen molar-refractivity contribution in [2.24, 2.45) is 0 Å². The van der Waals surface area contributed by atoms with Gasteiger partial charge in [-0.1, -0.05) is 18.2 Å². The Morgan fingerprint density at radius 1 is 1.13 bits per heavy atom. The van der Waals surface area contributed by atoms with Gasteiger partial charge in [-0.25, -0.2) is 0 Å². The van der Waals surface area contributed by atoms with Crippen molar-refractivity contribution in [1.82, 2.24) is 5.32 Å². The van der Waals surface area contributed by atoms with Crippen molar-refractivity contribution in [3.63, 3.8) is 0 Å². The van der Waals surface area contributed by atoms with E-state index in [1.165, 1.54) is 18.2 Å². The number of halogens is 2. The molecule has 0 radical (unpaired) electrons. The average molecular weight is 321 g/mol. The van der Waals surface area contributed by atoms with Gasteiger partial charge >= 0.3 is 6.61 Å². The summed E-state index contributed by atoms with van der Waals surface area (Å²) in [5.74, 6) is 0.398.